The Labute approximate surface area is 370 Å². The van der Waals surface area contributed by atoms with Crippen LogP contribution in [-0.4, -0.2) is 0 Å². The monoisotopic (exact) mass is 805 g/mol. The van der Waals surface area contributed by atoms with Crippen molar-refractivity contribution in [1.82, 2.24) is 0 Å². The summed E-state index contributed by atoms with van der Waals surface area (Å²) in [6.07, 6.45) is 0. The molecule has 0 aliphatic heterocycles. The second kappa shape index (κ2) is 14.0. The summed E-state index contributed by atoms with van der Waals surface area (Å²) < 4.78 is 0. The van der Waals surface area contributed by atoms with E-state index in [0.717, 1.165) is 17.1 Å². The van der Waals surface area contributed by atoms with Gasteiger partial charge in [0.25, 0.3) is 0 Å². The van der Waals surface area contributed by atoms with Gasteiger partial charge in [0.2, 0.25) is 0 Å². The Hall–Kier alpha value is -7.48. The summed E-state index contributed by atoms with van der Waals surface area (Å²) in [7, 11) is 0. The first-order valence-electron chi connectivity index (χ1n) is 22.3. The minimum Gasteiger partial charge on any atom is -0.309 e. The van der Waals surface area contributed by atoms with Crippen molar-refractivity contribution in [1.29, 1.82) is 0 Å². The first kappa shape index (κ1) is 37.3. The van der Waals surface area contributed by atoms with Crippen LogP contribution in [0.1, 0.15) is 49.9 Å². The first-order valence-corrected chi connectivity index (χ1v) is 22.3. The van der Waals surface area contributed by atoms with Gasteiger partial charge in [-0.15, -0.1) is 0 Å². The zero-order valence-corrected chi connectivity index (χ0v) is 36.2. The van der Waals surface area contributed by atoms with Crippen molar-refractivity contribution in [2.45, 2.75) is 38.5 Å². The molecule has 10 aromatic carbocycles. The molecule has 1 heteroatoms. The predicted molar refractivity (Wildman–Crippen MR) is 268 cm³/mol. The van der Waals surface area contributed by atoms with Crippen LogP contribution in [-0.2, 0) is 10.8 Å². The molecule has 0 unspecified atom stereocenters. The van der Waals surface area contributed by atoms with Crippen molar-refractivity contribution in [3.8, 4) is 55.6 Å². The van der Waals surface area contributed by atoms with Crippen LogP contribution in [0.25, 0.3) is 77.2 Å². The van der Waals surface area contributed by atoms with E-state index in [-0.39, 0.29) is 10.8 Å². The highest BCUT2D eigenvalue weighted by Gasteiger charge is 2.38. The molecule has 300 valence electrons. The standard InChI is InChI=1S/C62H47N/c1-61(2)55-27-11-7-20-50(55)52-38-34-42(39-57(52)61)45-19-9-13-29-58(45)63(59-30-14-10-22-53(59)48-25-16-24-47-44-18-6-5-17-40(44)33-37-49(47)48)43-35-31-41(32-36-43)46-23-15-26-54-51-21-8-12-28-56(51)62(3,4)60(46)54/h5-39H,1-4H3. The fourth-order valence-corrected chi connectivity index (χ4v) is 11.2. The first-order chi connectivity index (χ1) is 30.8. The number of hydrogen-bond acceptors (Lipinski definition) is 1. The zero-order valence-electron chi connectivity index (χ0n) is 36.2. The number of para-hydroxylation sites is 2. The van der Waals surface area contributed by atoms with E-state index in [2.05, 4.69) is 245 Å². The molecule has 0 saturated carbocycles. The quantitative estimate of drug-likeness (QED) is 0.151. The van der Waals surface area contributed by atoms with Gasteiger partial charge in [-0.3, -0.25) is 0 Å². The van der Waals surface area contributed by atoms with Crippen LogP contribution >= 0.6 is 0 Å². The molecule has 0 N–H and O–H groups in total. The molecular formula is C62H47N. The van der Waals surface area contributed by atoms with Crippen molar-refractivity contribution in [3.05, 3.63) is 235 Å². The minimum atomic E-state index is -0.110. The van der Waals surface area contributed by atoms with E-state index >= 15 is 0 Å². The third kappa shape index (κ3) is 5.62. The van der Waals surface area contributed by atoms with Gasteiger partial charge in [-0.25, -0.2) is 0 Å². The lowest BCUT2D eigenvalue weighted by molar-refractivity contribution is 0.660. The normalized spacial score (nSPS) is 14.0. The lowest BCUT2D eigenvalue weighted by atomic mass is 9.79. The van der Waals surface area contributed by atoms with Gasteiger partial charge in [0.05, 0.1) is 11.4 Å². The lowest BCUT2D eigenvalue weighted by Crippen LogP contribution is -2.16. The van der Waals surface area contributed by atoms with Crippen LogP contribution in [0, 0.1) is 0 Å². The molecule has 0 fully saturated rings. The van der Waals surface area contributed by atoms with Gasteiger partial charge in [0.1, 0.15) is 0 Å². The Morgan fingerprint density at radius 3 is 1.60 bits per heavy atom. The Morgan fingerprint density at radius 2 is 0.825 bits per heavy atom. The van der Waals surface area contributed by atoms with Crippen molar-refractivity contribution in [2.75, 3.05) is 4.90 Å². The van der Waals surface area contributed by atoms with Gasteiger partial charge in [-0.2, -0.15) is 0 Å². The topological polar surface area (TPSA) is 3.24 Å². The van der Waals surface area contributed by atoms with E-state index in [9.17, 15) is 0 Å². The smallest absolute Gasteiger partial charge is 0.0540 e. The van der Waals surface area contributed by atoms with Crippen molar-refractivity contribution in [2.24, 2.45) is 0 Å². The molecule has 0 heterocycles. The molecule has 0 atom stereocenters. The van der Waals surface area contributed by atoms with Crippen LogP contribution < -0.4 is 4.90 Å². The highest BCUT2D eigenvalue weighted by molar-refractivity contribution is 6.13. The summed E-state index contributed by atoms with van der Waals surface area (Å²) >= 11 is 0. The summed E-state index contributed by atoms with van der Waals surface area (Å²) in [4.78, 5) is 2.50. The number of hydrogen-bond donors (Lipinski definition) is 0. The Morgan fingerprint density at radius 1 is 0.302 bits per heavy atom. The molecule has 10 aromatic rings. The van der Waals surface area contributed by atoms with Crippen LogP contribution in [0.5, 0.6) is 0 Å². The van der Waals surface area contributed by atoms with Crippen LogP contribution in [0.2, 0.25) is 0 Å². The van der Waals surface area contributed by atoms with E-state index < -0.39 is 0 Å². The summed E-state index contributed by atoms with van der Waals surface area (Å²) in [6, 6.07) is 79.1. The van der Waals surface area contributed by atoms with E-state index in [1.165, 1.54) is 99.4 Å². The highest BCUT2D eigenvalue weighted by Crippen LogP contribution is 2.54. The molecule has 1 nitrogen and oxygen atoms in total. The van der Waals surface area contributed by atoms with Crippen molar-refractivity contribution < 1.29 is 0 Å². The van der Waals surface area contributed by atoms with E-state index in [1.807, 2.05) is 0 Å². The maximum absolute atomic E-state index is 2.50. The molecule has 2 aliphatic carbocycles. The minimum absolute atomic E-state index is 0.106. The van der Waals surface area contributed by atoms with Crippen LogP contribution in [0.3, 0.4) is 0 Å². The number of anilines is 3. The lowest BCUT2D eigenvalue weighted by Gasteiger charge is -2.31. The number of rotatable bonds is 6. The van der Waals surface area contributed by atoms with Crippen LogP contribution in [0.15, 0.2) is 212 Å². The van der Waals surface area contributed by atoms with Crippen molar-refractivity contribution >= 4 is 38.6 Å². The summed E-state index contributed by atoms with van der Waals surface area (Å²) in [5.74, 6) is 0. The molecular weight excluding hydrogens is 759 g/mol. The molecule has 12 rings (SSSR count). The Balaban J connectivity index is 1.06. The predicted octanol–water partition coefficient (Wildman–Crippen LogP) is 17.1. The fourth-order valence-electron chi connectivity index (χ4n) is 11.2. The summed E-state index contributed by atoms with van der Waals surface area (Å²) in [6.45, 7) is 9.49. The molecule has 2 aliphatic rings. The largest absolute Gasteiger partial charge is 0.309 e. The second-order valence-electron chi connectivity index (χ2n) is 18.4. The van der Waals surface area contributed by atoms with E-state index in [0.29, 0.717) is 0 Å². The van der Waals surface area contributed by atoms with E-state index in [1.54, 1.807) is 0 Å². The SMILES string of the molecule is CC1(C)c2ccccc2-c2ccc(-c3ccccc3N(c3ccc(-c4cccc5c4C(C)(C)c4ccccc4-5)cc3)c3ccccc3-c3cccc4c3ccc3ccccc34)cc21. The average molecular weight is 806 g/mol. The molecule has 63 heavy (non-hydrogen) atoms. The average Bonchev–Trinajstić information content (AvgIpc) is 3.71. The van der Waals surface area contributed by atoms with Gasteiger partial charge in [-0.05, 0) is 119 Å². The fraction of sp³-hybridized carbons (Fsp3) is 0.0968. The van der Waals surface area contributed by atoms with Crippen LogP contribution in [0.4, 0.5) is 17.1 Å². The van der Waals surface area contributed by atoms with Crippen molar-refractivity contribution in [3.63, 3.8) is 0 Å². The Kier molecular flexibility index (Phi) is 8.30. The number of benzene rings is 10. The Bertz CT molecular complexity index is 3460. The summed E-state index contributed by atoms with van der Waals surface area (Å²) in [5.41, 5.74) is 21.4. The zero-order chi connectivity index (χ0) is 42.5. The third-order valence-corrected chi connectivity index (χ3v) is 14.3. The maximum atomic E-state index is 2.50. The number of nitrogens with zero attached hydrogens (tertiary/aromatic N) is 1. The second-order valence-corrected chi connectivity index (χ2v) is 18.4. The van der Waals surface area contributed by atoms with E-state index in [4.69, 9.17) is 0 Å². The molecule has 0 amide bonds. The van der Waals surface area contributed by atoms with Gasteiger partial charge >= 0.3 is 0 Å². The maximum Gasteiger partial charge on any atom is 0.0540 e. The van der Waals surface area contributed by atoms with Gasteiger partial charge < -0.3 is 4.90 Å². The molecule has 0 spiro atoms. The summed E-state index contributed by atoms with van der Waals surface area (Å²) in [5, 5.41) is 5.03. The third-order valence-electron chi connectivity index (χ3n) is 14.3. The van der Waals surface area contributed by atoms with Gasteiger partial charge in [0.15, 0.2) is 0 Å². The van der Waals surface area contributed by atoms with Gasteiger partial charge in [-0.1, -0.05) is 210 Å². The van der Waals surface area contributed by atoms with Gasteiger partial charge in [0, 0.05) is 27.6 Å². The molecule has 0 aromatic heterocycles. The molecule has 0 bridgehead atoms. The molecule has 0 radical (unpaired) electrons. The molecule has 0 saturated heterocycles. The number of fused-ring (bicyclic) bond motifs is 9. The highest BCUT2D eigenvalue weighted by atomic mass is 15.1.